The van der Waals surface area contributed by atoms with E-state index in [1.165, 1.54) is 0 Å². The van der Waals surface area contributed by atoms with Crippen molar-refractivity contribution >= 4 is 5.91 Å². The molecule has 1 atom stereocenters. The van der Waals surface area contributed by atoms with E-state index in [1.54, 1.807) is 0 Å². The molecule has 0 fully saturated rings. The van der Waals surface area contributed by atoms with Gasteiger partial charge in [-0.15, -0.1) is 0 Å². The van der Waals surface area contributed by atoms with Crippen LogP contribution in [0.5, 0.6) is 0 Å². The molecule has 1 unspecified atom stereocenters. The second kappa shape index (κ2) is 8.52. The third kappa shape index (κ3) is 6.44. The van der Waals surface area contributed by atoms with Gasteiger partial charge in [0.15, 0.2) is 0 Å². The third-order valence-corrected chi connectivity index (χ3v) is 2.01. The van der Waals surface area contributed by atoms with Gasteiger partial charge < -0.3 is 10.4 Å². The summed E-state index contributed by atoms with van der Waals surface area (Å²) in [6.45, 7) is 2.07. The van der Waals surface area contributed by atoms with Crippen molar-refractivity contribution in [3.8, 4) is 6.07 Å². The maximum atomic E-state index is 11.3. The maximum absolute atomic E-state index is 11.3. The highest BCUT2D eigenvalue weighted by molar-refractivity contribution is 5.76. The lowest BCUT2D eigenvalue weighted by molar-refractivity contribution is -0.121. The first-order valence-electron chi connectivity index (χ1n) is 5.01. The molecule has 1 amide bonds. The van der Waals surface area contributed by atoms with Crippen molar-refractivity contribution < 1.29 is 9.90 Å². The van der Waals surface area contributed by atoms with Gasteiger partial charge in [-0.05, 0) is 19.3 Å². The minimum absolute atomic E-state index is 0.0263. The number of aliphatic hydroxyl groups excluding tert-OH is 1. The Morgan fingerprint density at radius 3 is 2.79 bits per heavy atom. The van der Waals surface area contributed by atoms with Crippen LogP contribution in [-0.4, -0.2) is 23.7 Å². The standard InChI is InChI=1S/C10H18N2O2/c1-2-9(6-7-11)12-10(14)5-3-4-8-13/h9,13H,2-6,8H2,1H3,(H,12,14). The second-order valence-corrected chi connectivity index (χ2v) is 3.22. The van der Waals surface area contributed by atoms with Gasteiger partial charge in [0.1, 0.15) is 0 Å². The number of nitrogens with one attached hydrogen (secondary N) is 1. The third-order valence-electron chi connectivity index (χ3n) is 2.01. The highest BCUT2D eigenvalue weighted by atomic mass is 16.2. The van der Waals surface area contributed by atoms with Crippen molar-refractivity contribution in [2.24, 2.45) is 0 Å². The van der Waals surface area contributed by atoms with E-state index in [0.29, 0.717) is 25.7 Å². The molecule has 2 N–H and O–H groups in total. The minimum atomic E-state index is -0.0273. The van der Waals surface area contributed by atoms with E-state index in [9.17, 15) is 4.79 Å². The van der Waals surface area contributed by atoms with Crippen molar-refractivity contribution in [2.75, 3.05) is 6.61 Å². The van der Waals surface area contributed by atoms with Crippen LogP contribution < -0.4 is 5.32 Å². The van der Waals surface area contributed by atoms with Gasteiger partial charge in [-0.1, -0.05) is 6.92 Å². The lowest BCUT2D eigenvalue weighted by Gasteiger charge is -2.13. The van der Waals surface area contributed by atoms with Crippen LogP contribution in [0.2, 0.25) is 0 Å². The van der Waals surface area contributed by atoms with E-state index in [-0.39, 0.29) is 18.6 Å². The van der Waals surface area contributed by atoms with Crippen molar-refractivity contribution in [1.82, 2.24) is 5.32 Å². The smallest absolute Gasteiger partial charge is 0.220 e. The number of nitrogens with zero attached hydrogens (tertiary/aromatic N) is 1. The van der Waals surface area contributed by atoms with Crippen LogP contribution >= 0.6 is 0 Å². The van der Waals surface area contributed by atoms with Crippen molar-refractivity contribution in [2.45, 2.75) is 45.1 Å². The van der Waals surface area contributed by atoms with Gasteiger partial charge in [-0.3, -0.25) is 4.79 Å². The Hall–Kier alpha value is -1.08. The molecule has 0 aliphatic rings. The fourth-order valence-electron chi connectivity index (χ4n) is 1.10. The minimum Gasteiger partial charge on any atom is -0.396 e. The molecule has 14 heavy (non-hydrogen) atoms. The molecule has 4 nitrogen and oxygen atoms in total. The fraction of sp³-hybridized carbons (Fsp3) is 0.800. The van der Waals surface area contributed by atoms with E-state index < -0.39 is 0 Å². The molecule has 0 radical (unpaired) electrons. The predicted octanol–water partition coefficient (Wildman–Crippen LogP) is 0.957. The van der Waals surface area contributed by atoms with E-state index in [1.807, 2.05) is 13.0 Å². The average molecular weight is 198 g/mol. The summed E-state index contributed by atoms with van der Waals surface area (Å²) in [5.74, 6) is -0.0273. The number of unbranched alkanes of at least 4 members (excludes halogenated alkanes) is 1. The van der Waals surface area contributed by atoms with Crippen LogP contribution in [0.3, 0.4) is 0 Å². The van der Waals surface area contributed by atoms with Crippen LogP contribution in [0.1, 0.15) is 39.0 Å². The molecular weight excluding hydrogens is 180 g/mol. The lowest BCUT2D eigenvalue weighted by atomic mass is 10.1. The number of hydrogen-bond donors (Lipinski definition) is 2. The Morgan fingerprint density at radius 2 is 2.29 bits per heavy atom. The molecule has 0 aromatic heterocycles. The van der Waals surface area contributed by atoms with Gasteiger partial charge in [0, 0.05) is 19.1 Å². The zero-order chi connectivity index (χ0) is 10.8. The maximum Gasteiger partial charge on any atom is 0.220 e. The van der Waals surface area contributed by atoms with Crippen molar-refractivity contribution in [3.63, 3.8) is 0 Å². The van der Waals surface area contributed by atoms with Crippen LogP contribution in [0.4, 0.5) is 0 Å². The van der Waals surface area contributed by atoms with E-state index in [0.717, 1.165) is 6.42 Å². The highest BCUT2D eigenvalue weighted by Gasteiger charge is 2.08. The van der Waals surface area contributed by atoms with E-state index >= 15 is 0 Å². The second-order valence-electron chi connectivity index (χ2n) is 3.22. The van der Waals surface area contributed by atoms with Gasteiger partial charge in [0.05, 0.1) is 12.5 Å². The van der Waals surface area contributed by atoms with Gasteiger partial charge in [-0.2, -0.15) is 5.26 Å². The number of hydrogen-bond acceptors (Lipinski definition) is 3. The molecule has 0 rings (SSSR count). The Morgan fingerprint density at radius 1 is 1.57 bits per heavy atom. The molecule has 0 aliphatic carbocycles. The molecule has 0 aromatic rings. The molecule has 4 heteroatoms. The SMILES string of the molecule is CCC(CC#N)NC(=O)CCCCO. The zero-order valence-electron chi connectivity index (χ0n) is 8.62. The number of rotatable bonds is 7. The molecule has 0 heterocycles. The van der Waals surface area contributed by atoms with Crippen molar-refractivity contribution in [1.29, 1.82) is 5.26 Å². The Kier molecular flexibility index (Phi) is 7.86. The molecule has 0 saturated heterocycles. The number of aliphatic hydroxyl groups is 1. The first kappa shape index (κ1) is 12.9. The summed E-state index contributed by atoms with van der Waals surface area (Å²) in [5.41, 5.74) is 0. The molecule has 0 spiro atoms. The number of carbonyl (C=O) groups is 1. The first-order valence-corrected chi connectivity index (χ1v) is 5.01. The molecule has 0 saturated carbocycles. The largest absolute Gasteiger partial charge is 0.396 e. The van der Waals surface area contributed by atoms with Gasteiger partial charge in [-0.25, -0.2) is 0 Å². The first-order chi connectivity index (χ1) is 6.74. The van der Waals surface area contributed by atoms with Crippen molar-refractivity contribution in [3.05, 3.63) is 0 Å². The number of amides is 1. The quantitative estimate of drug-likeness (QED) is 0.598. The highest BCUT2D eigenvalue weighted by Crippen LogP contribution is 1.99. The van der Waals surface area contributed by atoms with E-state index in [2.05, 4.69) is 5.32 Å². The number of nitriles is 1. The Bertz CT molecular complexity index is 199. The summed E-state index contributed by atoms with van der Waals surface area (Å²) in [4.78, 5) is 11.3. The topological polar surface area (TPSA) is 73.1 Å². The van der Waals surface area contributed by atoms with Crippen LogP contribution in [0.15, 0.2) is 0 Å². The van der Waals surface area contributed by atoms with Gasteiger partial charge in [0.2, 0.25) is 5.91 Å². The molecule has 0 aromatic carbocycles. The molecular formula is C10H18N2O2. The summed E-state index contributed by atoms with van der Waals surface area (Å²) in [5, 5.41) is 19.8. The van der Waals surface area contributed by atoms with Crippen LogP contribution in [0, 0.1) is 11.3 Å². The van der Waals surface area contributed by atoms with Gasteiger partial charge >= 0.3 is 0 Å². The number of carbonyl (C=O) groups excluding carboxylic acids is 1. The summed E-state index contributed by atoms with van der Waals surface area (Å²) in [6, 6.07) is 2.01. The Balaban J connectivity index is 3.63. The Labute approximate surface area is 84.9 Å². The van der Waals surface area contributed by atoms with E-state index in [4.69, 9.17) is 10.4 Å². The molecule has 0 aliphatic heterocycles. The fourth-order valence-corrected chi connectivity index (χ4v) is 1.10. The molecule has 0 bridgehead atoms. The summed E-state index contributed by atoms with van der Waals surface area (Å²) in [7, 11) is 0. The van der Waals surface area contributed by atoms with Gasteiger partial charge in [0.25, 0.3) is 0 Å². The monoisotopic (exact) mass is 198 g/mol. The molecule has 80 valence electrons. The van der Waals surface area contributed by atoms with Crippen LogP contribution in [-0.2, 0) is 4.79 Å². The summed E-state index contributed by atoms with van der Waals surface area (Å²) >= 11 is 0. The lowest BCUT2D eigenvalue weighted by Crippen LogP contribution is -2.33. The average Bonchev–Trinajstić information content (AvgIpc) is 2.17. The predicted molar refractivity (Wildman–Crippen MR) is 53.4 cm³/mol. The van der Waals surface area contributed by atoms with Crippen LogP contribution in [0.25, 0.3) is 0 Å². The summed E-state index contributed by atoms with van der Waals surface area (Å²) in [6.07, 6.45) is 2.93. The zero-order valence-corrected chi connectivity index (χ0v) is 8.62. The normalized spacial score (nSPS) is 11.8. The summed E-state index contributed by atoms with van der Waals surface area (Å²) < 4.78 is 0.